The Kier molecular flexibility index (Phi) is 3.12. The number of nitrogens with zero attached hydrogens (tertiary/aromatic N) is 2. The molecule has 0 aliphatic carbocycles. The minimum Gasteiger partial charge on any atom is -0.383 e. The van der Waals surface area contributed by atoms with E-state index in [1.54, 1.807) is 0 Å². The SMILES string of the molecule is OC(c1cncnc1)c1cc(Cl)ccc1F. The van der Waals surface area contributed by atoms with Crippen molar-refractivity contribution >= 4 is 11.6 Å². The van der Waals surface area contributed by atoms with E-state index in [4.69, 9.17) is 11.6 Å². The third-order valence-corrected chi connectivity index (χ3v) is 2.38. The summed E-state index contributed by atoms with van der Waals surface area (Å²) in [6, 6.07) is 4.02. The molecule has 1 N–H and O–H groups in total. The van der Waals surface area contributed by atoms with Crippen molar-refractivity contribution in [3.8, 4) is 0 Å². The molecule has 0 saturated carbocycles. The molecule has 0 saturated heterocycles. The van der Waals surface area contributed by atoms with Crippen molar-refractivity contribution in [3.63, 3.8) is 0 Å². The topological polar surface area (TPSA) is 46.0 Å². The molecule has 1 aromatic heterocycles. The van der Waals surface area contributed by atoms with Crippen LogP contribution in [0.2, 0.25) is 5.02 Å². The lowest BCUT2D eigenvalue weighted by Gasteiger charge is -2.11. The van der Waals surface area contributed by atoms with Crippen LogP contribution >= 0.6 is 11.6 Å². The lowest BCUT2D eigenvalue weighted by Crippen LogP contribution is -2.03. The van der Waals surface area contributed by atoms with Gasteiger partial charge in [0.1, 0.15) is 18.2 Å². The van der Waals surface area contributed by atoms with E-state index in [1.165, 1.54) is 36.9 Å². The van der Waals surface area contributed by atoms with Crippen LogP contribution in [-0.2, 0) is 0 Å². The minimum atomic E-state index is -1.11. The maximum absolute atomic E-state index is 13.4. The van der Waals surface area contributed by atoms with Crippen LogP contribution in [0.3, 0.4) is 0 Å². The smallest absolute Gasteiger partial charge is 0.129 e. The third kappa shape index (κ3) is 2.18. The zero-order valence-corrected chi connectivity index (χ0v) is 8.89. The van der Waals surface area contributed by atoms with Crippen LogP contribution in [0.5, 0.6) is 0 Å². The molecular weight excluding hydrogens is 231 g/mol. The number of benzene rings is 1. The summed E-state index contributed by atoms with van der Waals surface area (Å²) < 4.78 is 13.4. The highest BCUT2D eigenvalue weighted by Crippen LogP contribution is 2.25. The molecule has 3 nitrogen and oxygen atoms in total. The molecule has 2 rings (SSSR count). The van der Waals surface area contributed by atoms with Crippen LogP contribution in [-0.4, -0.2) is 15.1 Å². The Balaban J connectivity index is 2.41. The van der Waals surface area contributed by atoms with Crippen LogP contribution < -0.4 is 0 Å². The zero-order chi connectivity index (χ0) is 11.5. The molecule has 5 heteroatoms. The zero-order valence-electron chi connectivity index (χ0n) is 8.14. The fourth-order valence-electron chi connectivity index (χ4n) is 1.36. The molecule has 0 spiro atoms. The largest absolute Gasteiger partial charge is 0.383 e. The molecule has 2 aromatic rings. The average molecular weight is 239 g/mol. The van der Waals surface area contributed by atoms with Gasteiger partial charge in [0, 0.05) is 28.5 Å². The van der Waals surface area contributed by atoms with Gasteiger partial charge in [-0.2, -0.15) is 0 Å². The van der Waals surface area contributed by atoms with Crippen molar-refractivity contribution in [2.45, 2.75) is 6.10 Å². The van der Waals surface area contributed by atoms with Crippen LogP contribution in [0, 0.1) is 5.82 Å². The van der Waals surface area contributed by atoms with Gasteiger partial charge in [-0.05, 0) is 18.2 Å². The third-order valence-electron chi connectivity index (χ3n) is 2.15. The first-order chi connectivity index (χ1) is 7.68. The highest BCUT2D eigenvalue weighted by atomic mass is 35.5. The fourth-order valence-corrected chi connectivity index (χ4v) is 1.54. The molecule has 1 heterocycles. The Labute approximate surface area is 96.6 Å². The predicted octanol–water partition coefficient (Wildman–Crippen LogP) is 2.35. The number of halogens is 2. The van der Waals surface area contributed by atoms with Gasteiger partial charge in [-0.25, -0.2) is 14.4 Å². The van der Waals surface area contributed by atoms with Crippen molar-refractivity contribution < 1.29 is 9.50 Å². The standard InChI is InChI=1S/C11H8ClFN2O/c12-8-1-2-10(13)9(3-8)11(16)7-4-14-6-15-5-7/h1-6,11,16H. The predicted molar refractivity (Wildman–Crippen MR) is 57.5 cm³/mol. The second kappa shape index (κ2) is 4.55. The highest BCUT2D eigenvalue weighted by Gasteiger charge is 2.15. The summed E-state index contributed by atoms with van der Waals surface area (Å²) in [6.45, 7) is 0. The van der Waals surface area contributed by atoms with E-state index in [9.17, 15) is 9.50 Å². The van der Waals surface area contributed by atoms with Crippen molar-refractivity contribution in [1.29, 1.82) is 0 Å². The normalized spacial score (nSPS) is 12.4. The maximum Gasteiger partial charge on any atom is 0.129 e. The molecule has 1 unspecified atom stereocenters. The Morgan fingerprint density at radius 2 is 1.94 bits per heavy atom. The van der Waals surface area contributed by atoms with E-state index < -0.39 is 11.9 Å². The molecule has 1 aromatic carbocycles. The summed E-state index contributed by atoms with van der Waals surface area (Å²) in [5.41, 5.74) is 0.533. The second-order valence-corrected chi connectivity index (χ2v) is 3.68. The summed E-state index contributed by atoms with van der Waals surface area (Å²) in [5.74, 6) is -0.513. The van der Waals surface area contributed by atoms with Crippen LogP contribution in [0.25, 0.3) is 0 Å². The molecule has 0 bridgehead atoms. The average Bonchev–Trinajstić information content (AvgIpc) is 2.32. The first-order valence-corrected chi connectivity index (χ1v) is 4.94. The van der Waals surface area contributed by atoms with Gasteiger partial charge >= 0.3 is 0 Å². The van der Waals surface area contributed by atoms with Gasteiger partial charge in [0.05, 0.1) is 0 Å². The lowest BCUT2D eigenvalue weighted by atomic mass is 10.0. The monoisotopic (exact) mass is 238 g/mol. The number of hydrogen-bond acceptors (Lipinski definition) is 3. The van der Waals surface area contributed by atoms with Gasteiger partial charge in [0.15, 0.2) is 0 Å². The first kappa shape index (κ1) is 11.0. The highest BCUT2D eigenvalue weighted by molar-refractivity contribution is 6.30. The Morgan fingerprint density at radius 1 is 1.25 bits per heavy atom. The molecule has 0 aliphatic rings. The van der Waals surface area contributed by atoms with E-state index in [0.29, 0.717) is 10.6 Å². The Hall–Kier alpha value is -1.52. The van der Waals surface area contributed by atoms with E-state index in [2.05, 4.69) is 9.97 Å². The molecule has 82 valence electrons. The quantitative estimate of drug-likeness (QED) is 0.874. The van der Waals surface area contributed by atoms with E-state index in [0.717, 1.165) is 0 Å². The number of hydrogen-bond donors (Lipinski definition) is 1. The second-order valence-electron chi connectivity index (χ2n) is 3.24. The van der Waals surface area contributed by atoms with Crippen LogP contribution in [0.1, 0.15) is 17.2 Å². The van der Waals surface area contributed by atoms with Gasteiger partial charge in [0.2, 0.25) is 0 Å². The fraction of sp³-hybridized carbons (Fsp3) is 0.0909. The van der Waals surface area contributed by atoms with Gasteiger partial charge in [-0.1, -0.05) is 11.6 Å². The summed E-state index contributed by atoms with van der Waals surface area (Å²) in [5, 5.41) is 10.3. The molecule has 0 fully saturated rings. The van der Waals surface area contributed by atoms with Crippen molar-refractivity contribution in [1.82, 2.24) is 9.97 Å². The summed E-state index contributed by atoms with van der Waals surface area (Å²) >= 11 is 5.74. The van der Waals surface area contributed by atoms with Crippen molar-refractivity contribution in [2.75, 3.05) is 0 Å². The van der Waals surface area contributed by atoms with E-state index in [1.807, 2.05) is 0 Å². The summed E-state index contributed by atoms with van der Waals surface area (Å²) in [7, 11) is 0. The van der Waals surface area contributed by atoms with E-state index in [-0.39, 0.29) is 5.56 Å². The van der Waals surface area contributed by atoms with Crippen LogP contribution in [0.15, 0.2) is 36.9 Å². The minimum absolute atomic E-state index is 0.113. The molecule has 0 radical (unpaired) electrons. The number of aliphatic hydroxyl groups excluding tert-OH is 1. The number of rotatable bonds is 2. The van der Waals surface area contributed by atoms with Crippen molar-refractivity contribution in [2.24, 2.45) is 0 Å². The summed E-state index contributed by atoms with van der Waals surface area (Å²) in [6.07, 6.45) is 3.08. The molecule has 0 amide bonds. The van der Waals surface area contributed by atoms with Crippen molar-refractivity contribution in [3.05, 3.63) is 58.9 Å². The molecule has 0 aliphatic heterocycles. The van der Waals surface area contributed by atoms with Gasteiger partial charge in [-0.15, -0.1) is 0 Å². The lowest BCUT2D eigenvalue weighted by molar-refractivity contribution is 0.214. The Morgan fingerprint density at radius 3 is 2.62 bits per heavy atom. The molecular formula is C11H8ClFN2O. The van der Waals surface area contributed by atoms with Gasteiger partial charge in [-0.3, -0.25) is 0 Å². The van der Waals surface area contributed by atoms with Gasteiger partial charge < -0.3 is 5.11 Å². The van der Waals surface area contributed by atoms with Gasteiger partial charge in [0.25, 0.3) is 0 Å². The maximum atomic E-state index is 13.4. The molecule has 1 atom stereocenters. The van der Waals surface area contributed by atoms with E-state index >= 15 is 0 Å². The first-order valence-electron chi connectivity index (χ1n) is 4.56. The summed E-state index contributed by atoms with van der Waals surface area (Å²) in [4.78, 5) is 7.51. The van der Waals surface area contributed by atoms with Crippen LogP contribution in [0.4, 0.5) is 4.39 Å². The molecule has 16 heavy (non-hydrogen) atoms. The number of aromatic nitrogens is 2. The Bertz CT molecular complexity index is 493. The number of aliphatic hydroxyl groups is 1.